The summed E-state index contributed by atoms with van der Waals surface area (Å²) in [5, 5.41) is 6.12. The van der Waals surface area contributed by atoms with Crippen molar-refractivity contribution in [2.75, 3.05) is 38.2 Å². The SMILES string of the molecule is O=C(CN1CCC2(CC1)OCCO2)Nc1nc(-c2ccc(Cl)cc2)cs1. The molecule has 2 aliphatic rings. The number of anilines is 1. The Hall–Kier alpha value is -1.51. The van der Waals surface area contributed by atoms with E-state index in [1.54, 1.807) is 0 Å². The maximum absolute atomic E-state index is 12.3. The number of benzene rings is 1. The van der Waals surface area contributed by atoms with Crippen molar-refractivity contribution in [3.8, 4) is 11.3 Å². The van der Waals surface area contributed by atoms with E-state index in [1.807, 2.05) is 29.6 Å². The molecule has 138 valence electrons. The lowest BCUT2D eigenvalue weighted by Gasteiger charge is -2.37. The molecule has 4 rings (SSSR count). The number of hydrogen-bond acceptors (Lipinski definition) is 6. The van der Waals surface area contributed by atoms with Gasteiger partial charge in [0.05, 0.1) is 25.5 Å². The molecule has 2 fully saturated rings. The third-order valence-corrected chi connectivity index (χ3v) is 5.70. The fourth-order valence-electron chi connectivity index (χ4n) is 3.28. The van der Waals surface area contributed by atoms with Crippen LogP contribution in [0.4, 0.5) is 5.13 Å². The predicted octanol–water partition coefficient (Wildman–Crippen LogP) is 3.24. The van der Waals surface area contributed by atoms with Gasteiger partial charge in [0, 0.05) is 41.9 Å². The fraction of sp³-hybridized carbons (Fsp3) is 0.444. The number of hydrogen-bond donors (Lipinski definition) is 1. The van der Waals surface area contributed by atoms with Crippen molar-refractivity contribution in [1.82, 2.24) is 9.88 Å². The summed E-state index contributed by atoms with van der Waals surface area (Å²) in [5.74, 6) is -0.457. The number of aromatic nitrogens is 1. The third kappa shape index (κ3) is 4.07. The van der Waals surface area contributed by atoms with Gasteiger partial charge in [-0.2, -0.15) is 0 Å². The van der Waals surface area contributed by atoms with E-state index in [9.17, 15) is 4.79 Å². The Kier molecular flexibility index (Phi) is 5.24. The maximum atomic E-state index is 12.3. The Bertz CT molecular complexity index is 764. The number of nitrogens with one attached hydrogen (secondary N) is 1. The van der Waals surface area contributed by atoms with E-state index in [0.29, 0.717) is 29.9 Å². The third-order valence-electron chi connectivity index (χ3n) is 4.69. The van der Waals surface area contributed by atoms with E-state index >= 15 is 0 Å². The predicted molar refractivity (Wildman–Crippen MR) is 101 cm³/mol. The molecule has 1 N–H and O–H groups in total. The highest BCUT2D eigenvalue weighted by Gasteiger charge is 2.39. The van der Waals surface area contributed by atoms with Crippen LogP contribution in [0.5, 0.6) is 0 Å². The molecule has 2 aromatic rings. The zero-order valence-corrected chi connectivity index (χ0v) is 15.8. The molecule has 6 nitrogen and oxygen atoms in total. The summed E-state index contributed by atoms with van der Waals surface area (Å²) < 4.78 is 11.4. The number of piperidine rings is 1. The molecule has 0 atom stereocenters. The van der Waals surface area contributed by atoms with Gasteiger partial charge in [0.15, 0.2) is 10.9 Å². The standard InChI is InChI=1S/C18H20ClN3O3S/c19-14-3-1-13(2-4-14)15-12-26-17(20-15)21-16(23)11-22-7-5-18(6-8-22)24-9-10-25-18/h1-4,12H,5-11H2,(H,20,21,23). The topological polar surface area (TPSA) is 63.7 Å². The van der Waals surface area contributed by atoms with Crippen molar-refractivity contribution in [3.05, 3.63) is 34.7 Å². The summed E-state index contributed by atoms with van der Waals surface area (Å²) in [5.41, 5.74) is 1.81. The minimum atomic E-state index is -0.407. The molecule has 1 spiro atoms. The maximum Gasteiger partial charge on any atom is 0.240 e. The molecule has 3 heterocycles. The van der Waals surface area contributed by atoms with Crippen molar-refractivity contribution in [1.29, 1.82) is 0 Å². The number of nitrogens with zero attached hydrogens (tertiary/aromatic N) is 2. The van der Waals surface area contributed by atoms with Gasteiger partial charge >= 0.3 is 0 Å². The van der Waals surface area contributed by atoms with Crippen molar-refractivity contribution >= 4 is 34.0 Å². The van der Waals surface area contributed by atoms with Crippen LogP contribution in [-0.2, 0) is 14.3 Å². The minimum Gasteiger partial charge on any atom is -0.347 e. The lowest BCUT2D eigenvalue weighted by atomic mass is 10.0. The number of thiazole rings is 1. The number of amides is 1. The summed E-state index contributed by atoms with van der Waals surface area (Å²) in [7, 11) is 0. The second kappa shape index (κ2) is 7.62. The molecule has 1 aromatic carbocycles. The largest absolute Gasteiger partial charge is 0.347 e. The lowest BCUT2D eigenvalue weighted by molar-refractivity contribution is -0.185. The van der Waals surface area contributed by atoms with E-state index in [2.05, 4.69) is 15.2 Å². The first-order chi connectivity index (χ1) is 12.6. The zero-order valence-electron chi connectivity index (χ0n) is 14.2. The molecule has 1 amide bonds. The van der Waals surface area contributed by atoms with Crippen molar-refractivity contribution in [2.24, 2.45) is 0 Å². The molecule has 8 heteroatoms. The first-order valence-electron chi connectivity index (χ1n) is 8.64. The Morgan fingerprint density at radius 2 is 1.92 bits per heavy atom. The molecular weight excluding hydrogens is 374 g/mol. The highest BCUT2D eigenvalue weighted by Crippen LogP contribution is 2.31. The number of halogens is 1. The van der Waals surface area contributed by atoms with Crippen LogP contribution < -0.4 is 5.32 Å². The van der Waals surface area contributed by atoms with E-state index in [-0.39, 0.29) is 5.91 Å². The van der Waals surface area contributed by atoms with Crippen LogP contribution in [0, 0.1) is 0 Å². The van der Waals surface area contributed by atoms with Gasteiger partial charge < -0.3 is 14.8 Å². The Balaban J connectivity index is 1.29. The van der Waals surface area contributed by atoms with E-state index in [1.165, 1.54) is 11.3 Å². The second-order valence-corrected chi connectivity index (χ2v) is 7.77. The molecule has 0 saturated carbocycles. The van der Waals surface area contributed by atoms with Crippen molar-refractivity contribution < 1.29 is 14.3 Å². The van der Waals surface area contributed by atoms with Crippen LogP contribution in [0.25, 0.3) is 11.3 Å². The van der Waals surface area contributed by atoms with E-state index in [4.69, 9.17) is 21.1 Å². The van der Waals surface area contributed by atoms with Gasteiger partial charge in [0.2, 0.25) is 5.91 Å². The van der Waals surface area contributed by atoms with Gasteiger partial charge in [-0.25, -0.2) is 4.98 Å². The summed E-state index contributed by atoms with van der Waals surface area (Å²) in [4.78, 5) is 18.9. The first-order valence-corrected chi connectivity index (χ1v) is 9.89. The highest BCUT2D eigenvalue weighted by molar-refractivity contribution is 7.14. The number of carbonyl (C=O) groups is 1. The van der Waals surface area contributed by atoms with Gasteiger partial charge in [-0.1, -0.05) is 23.7 Å². The van der Waals surface area contributed by atoms with Crippen LogP contribution in [0.1, 0.15) is 12.8 Å². The molecule has 0 bridgehead atoms. The Labute approximate surface area is 161 Å². The highest BCUT2D eigenvalue weighted by atomic mass is 35.5. The van der Waals surface area contributed by atoms with Gasteiger partial charge in [-0.3, -0.25) is 9.69 Å². The van der Waals surface area contributed by atoms with E-state index < -0.39 is 5.79 Å². The lowest BCUT2D eigenvalue weighted by Crippen LogP contribution is -2.47. The molecule has 2 aliphatic heterocycles. The average molecular weight is 394 g/mol. The second-order valence-electron chi connectivity index (χ2n) is 6.48. The minimum absolute atomic E-state index is 0.0498. The monoisotopic (exact) mass is 393 g/mol. The van der Waals surface area contributed by atoms with Crippen LogP contribution in [0.15, 0.2) is 29.6 Å². The summed E-state index contributed by atoms with van der Waals surface area (Å²) >= 11 is 7.33. The average Bonchev–Trinajstić information content (AvgIpc) is 3.28. The van der Waals surface area contributed by atoms with Gasteiger partial charge in [0.1, 0.15) is 0 Å². The van der Waals surface area contributed by atoms with Gasteiger partial charge in [-0.15, -0.1) is 11.3 Å². The van der Waals surface area contributed by atoms with E-state index in [0.717, 1.165) is 37.2 Å². The zero-order chi connectivity index (χ0) is 18.0. The van der Waals surface area contributed by atoms with Gasteiger partial charge in [0.25, 0.3) is 0 Å². The molecule has 0 unspecified atom stereocenters. The van der Waals surface area contributed by atoms with Crippen LogP contribution in [0.3, 0.4) is 0 Å². The molecule has 0 radical (unpaired) electrons. The van der Waals surface area contributed by atoms with Crippen LogP contribution >= 0.6 is 22.9 Å². The molecule has 1 aromatic heterocycles. The summed E-state index contributed by atoms with van der Waals surface area (Å²) in [6, 6.07) is 7.49. The van der Waals surface area contributed by atoms with Crippen molar-refractivity contribution in [3.63, 3.8) is 0 Å². The first kappa shape index (κ1) is 17.9. The van der Waals surface area contributed by atoms with Gasteiger partial charge in [-0.05, 0) is 12.1 Å². The van der Waals surface area contributed by atoms with Crippen molar-refractivity contribution in [2.45, 2.75) is 18.6 Å². The molecule has 2 saturated heterocycles. The van der Waals surface area contributed by atoms with Crippen LogP contribution in [-0.4, -0.2) is 54.4 Å². The molecule has 26 heavy (non-hydrogen) atoms. The molecular formula is C18H20ClN3O3S. The number of carbonyl (C=O) groups excluding carboxylic acids is 1. The quantitative estimate of drug-likeness (QED) is 0.863. The smallest absolute Gasteiger partial charge is 0.240 e. The number of rotatable bonds is 4. The summed E-state index contributed by atoms with van der Waals surface area (Å²) in [6.45, 7) is 3.27. The fourth-order valence-corrected chi connectivity index (χ4v) is 4.15. The normalized spacial score (nSPS) is 19.7. The number of ether oxygens (including phenoxy) is 2. The Morgan fingerprint density at radius 3 is 2.62 bits per heavy atom. The van der Waals surface area contributed by atoms with Crippen LogP contribution in [0.2, 0.25) is 5.02 Å². The Morgan fingerprint density at radius 1 is 1.23 bits per heavy atom. The summed E-state index contributed by atoms with van der Waals surface area (Å²) in [6.07, 6.45) is 1.61. The molecule has 0 aliphatic carbocycles. The number of likely N-dealkylation sites (tertiary alicyclic amines) is 1.